The highest BCUT2D eigenvalue weighted by Gasteiger charge is 2.13. The summed E-state index contributed by atoms with van der Waals surface area (Å²) in [5, 5.41) is 16.0. The van der Waals surface area contributed by atoms with E-state index in [4.69, 9.17) is 0 Å². The van der Waals surface area contributed by atoms with Crippen molar-refractivity contribution in [3.8, 4) is 5.75 Å². The van der Waals surface area contributed by atoms with E-state index in [-0.39, 0.29) is 11.7 Å². The van der Waals surface area contributed by atoms with Crippen molar-refractivity contribution in [3.63, 3.8) is 0 Å². The number of rotatable bonds is 5. The summed E-state index contributed by atoms with van der Waals surface area (Å²) in [6, 6.07) is 5.44. The fourth-order valence-electron chi connectivity index (χ4n) is 2.72. The third kappa shape index (κ3) is 5.32. The second-order valence-electron chi connectivity index (χ2n) is 5.56. The molecule has 3 N–H and O–H groups in total. The average molecular weight is 355 g/mol. The van der Waals surface area contributed by atoms with E-state index >= 15 is 0 Å². The predicted molar refractivity (Wildman–Crippen MR) is 87.6 cm³/mol. The van der Waals surface area contributed by atoms with Crippen LogP contribution in [0, 0.1) is 0 Å². The Kier molecular flexibility index (Phi) is 6.51. The van der Waals surface area contributed by atoms with Crippen molar-refractivity contribution >= 4 is 21.8 Å². The number of carbonyl (C=O) groups is 1. The van der Waals surface area contributed by atoms with Gasteiger partial charge in [-0.3, -0.25) is 4.79 Å². The fourth-order valence-corrected chi connectivity index (χ4v) is 3.08. The van der Waals surface area contributed by atoms with Crippen molar-refractivity contribution in [2.24, 2.45) is 0 Å². The third-order valence-corrected chi connectivity index (χ3v) is 4.40. The highest BCUT2D eigenvalue weighted by molar-refractivity contribution is 9.10. The van der Waals surface area contributed by atoms with Crippen LogP contribution in [0.25, 0.3) is 0 Å². The number of aromatic hydroxyl groups is 1. The fraction of sp³-hybridized carbons (Fsp3) is 0.562. The molecule has 4 nitrogen and oxygen atoms in total. The Morgan fingerprint density at radius 1 is 1.19 bits per heavy atom. The number of phenols is 1. The van der Waals surface area contributed by atoms with E-state index in [1.165, 1.54) is 44.6 Å². The molecule has 1 amide bonds. The Hall–Kier alpha value is -1.07. The summed E-state index contributed by atoms with van der Waals surface area (Å²) in [5.74, 6) is -0.233. The summed E-state index contributed by atoms with van der Waals surface area (Å²) in [5.41, 5.74) is 0.304. The first-order valence-electron chi connectivity index (χ1n) is 7.67. The van der Waals surface area contributed by atoms with Gasteiger partial charge in [-0.05, 0) is 31.0 Å². The summed E-state index contributed by atoms with van der Waals surface area (Å²) in [6.07, 6.45) is 7.76. The Morgan fingerprint density at radius 3 is 2.62 bits per heavy atom. The maximum Gasteiger partial charge on any atom is 0.255 e. The molecule has 0 bridgehead atoms. The molecule has 0 aromatic heterocycles. The topological polar surface area (TPSA) is 61.4 Å². The number of hydrogen-bond donors (Lipinski definition) is 3. The lowest BCUT2D eigenvalue weighted by atomic mass is 10.1. The standard InChI is InChI=1S/C16H23BrN2O2/c17-12-7-8-15(20)14(11-12)16(21)19-10-9-18-13-5-3-1-2-4-6-13/h7-8,11,13,18,20H,1-6,9-10H2,(H,19,21). The smallest absolute Gasteiger partial charge is 0.255 e. The van der Waals surface area contributed by atoms with Crippen LogP contribution in [0.4, 0.5) is 0 Å². The van der Waals surface area contributed by atoms with Gasteiger partial charge < -0.3 is 15.7 Å². The number of benzene rings is 1. The first-order valence-corrected chi connectivity index (χ1v) is 8.46. The van der Waals surface area contributed by atoms with Gasteiger partial charge in [-0.15, -0.1) is 0 Å². The summed E-state index contributed by atoms with van der Waals surface area (Å²) >= 11 is 3.30. The maximum absolute atomic E-state index is 12.0. The van der Waals surface area contributed by atoms with E-state index < -0.39 is 0 Å². The van der Waals surface area contributed by atoms with Crippen LogP contribution >= 0.6 is 15.9 Å². The van der Waals surface area contributed by atoms with E-state index in [9.17, 15) is 9.90 Å². The summed E-state index contributed by atoms with van der Waals surface area (Å²) < 4.78 is 0.780. The van der Waals surface area contributed by atoms with E-state index in [1.54, 1.807) is 12.1 Å². The molecule has 0 spiro atoms. The van der Waals surface area contributed by atoms with Crippen LogP contribution in [0.2, 0.25) is 0 Å². The van der Waals surface area contributed by atoms with Crippen LogP contribution in [0.5, 0.6) is 5.75 Å². The molecule has 1 saturated carbocycles. The average Bonchev–Trinajstić information content (AvgIpc) is 2.74. The molecule has 0 heterocycles. The summed E-state index contributed by atoms with van der Waals surface area (Å²) in [4.78, 5) is 12.0. The van der Waals surface area contributed by atoms with Crippen molar-refractivity contribution in [1.29, 1.82) is 0 Å². The van der Waals surface area contributed by atoms with Crippen molar-refractivity contribution < 1.29 is 9.90 Å². The Labute approximate surface area is 134 Å². The van der Waals surface area contributed by atoms with Gasteiger partial charge in [0.25, 0.3) is 5.91 Å². The SMILES string of the molecule is O=C(NCCNC1CCCCCC1)c1cc(Br)ccc1O. The van der Waals surface area contributed by atoms with Crippen LogP contribution in [0.1, 0.15) is 48.9 Å². The van der Waals surface area contributed by atoms with E-state index in [0.717, 1.165) is 11.0 Å². The minimum Gasteiger partial charge on any atom is -0.507 e. The van der Waals surface area contributed by atoms with Gasteiger partial charge in [-0.25, -0.2) is 0 Å². The molecule has 1 aliphatic carbocycles. The van der Waals surface area contributed by atoms with Crippen molar-refractivity contribution in [2.75, 3.05) is 13.1 Å². The molecule has 21 heavy (non-hydrogen) atoms. The van der Waals surface area contributed by atoms with E-state index in [0.29, 0.717) is 18.2 Å². The molecule has 0 radical (unpaired) electrons. The molecule has 2 rings (SSSR count). The molecule has 0 unspecified atom stereocenters. The number of carbonyl (C=O) groups excluding carboxylic acids is 1. The van der Waals surface area contributed by atoms with Gasteiger partial charge in [0.15, 0.2) is 0 Å². The van der Waals surface area contributed by atoms with Gasteiger partial charge in [0.1, 0.15) is 5.75 Å². The maximum atomic E-state index is 12.0. The molecule has 1 aromatic rings. The number of halogens is 1. The zero-order chi connectivity index (χ0) is 15.1. The highest BCUT2D eigenvalue weighted by atomic mass is 79.9. The second kappa shape index (κ2) is 8.39. The lowest BCUT2D eigenvalue weighted by Crippen LogP contribution is -2.36. The third-order valence-electron chi connectivity index (χ3n) is 3.90. The minimum atomic E-state index is -0.239. The number of amides is 1. The van der Waals surface area contributed by atoms with Crippen LogP contribution in [-0.2, 0) is 0 Å². The number of phenolic OH excluding ortho intramolecular Hbond substituents is 1. The van der Waals surface area contributed by atoms with Gasteiger partial charge in [0.2, 0.25) is 0 Å². The monoisotopic (exact) mass is 354 g/mol. The van der Waals surface area contributed by atoms with Crippen LogP contribution in [0.15, 0.2) is 22.7 Å². The van der Waals surface area contributed by atoms with Gasteiger partial charge in [-0.2, -0.15) is 0 Å². The van der Waals surface area contributed by atoms with E-state index in [1.807, 2.05) is 0 Å². The normalized spacial score (nSPS) is 16.4. The summed E-state index contributed by atoms with van der Waals surface area (Å²) in [6.45, 7) is 1.34. The first-order chi connectivity index (χ1) is 10.2. The molecule has 0 saturated heterocycles. The quantitative estimate of drug-likeness (QED) is 0.562. The molecule has 1 aliphatic rings. The zero-order valence-corrected chi connectivity index (χ0v) is 13.8. The lowest BCUT2D eigenvalue weighted by Gasteiger charge is -2.16. The van der Waals surface area contributed by atoms with Crippen LogP contribution in [-0.4, -0.2) is 30.1 Å². The van der Waals surface area contributed by atoms with Crippen molar-refractivity contribution in [2.45, 2.75) is 44.6 Å². The van der Waals surface area contributed by atoms with Gasteiger partial charge in [0.05, 0.1) is 5.56 Å². The highest BCUT2D eigenvalue weighted by Crippen LogP contribution is 2.21. The molecule has 0 aliphatic heterocycles. The van der Waals surface area contributed by atoms with E-state index in [2.05, 4.69) is 26.6 Å². The second-order valence-corrected chi connectivity index (χ2v) is 6.48. The lowest BCUT2D eigenvalue weighted by molar-refractivity contribution is 0.0950. The number of nitrogens with one attached hydrogen (secondary N) is 2. The Balaban J connectivity index is 1.72. The van der Waals surface area contributed by atoms with Crippen LogP contribution < -0.4 is 10.6 Å². The number of hydrogen-bond acceptors (Lipinski definition) is 3. The molecule has 0 atom stereocenters. The molecule has 1 fully saturated rings. The van der Waals surface area contributed by atoms with Crippen LogP contribution in [0.3, 0.4) is 0 Å². The van der Waals surface area contributed by atoms with Gasteiger partial charge in [0, 0.05) is 23.6 Å². The molecule has 1 aromatic carbocycles. The van der Waals surface area contributed by atoms with Gasteiger partial charge >= 0.3 is 0 Å². The molecular weight excluding hydrogens is 332 g/mol. The molecule has 5 heteroatoms. The Morgan fingerprint density at radius 2 is 1.90 bits per heavy atom. The van der Waals surface area contributed by atoms with Gasteiger partial charge in [-0.1, -0.05) is 41.6 Å². The Bertz CT molecular complexity index is 471. The zero-order valence-electron chi connectivity index (χ0n) is 12.2. The summed E-state index contributed by atoms with van der Waals surface area (Å²) in [7, 11) is 0. The minimum absolute atomic E-state index is 0.00688. The first kappa shape index (κ1) is 16.3. The largest absolute Gasteiger partial charge is 0.507 e. The molecule has 116 valence electrons. The predicted octanol–water partition coefficient (Wildman–Crippen LogP) is 3.20. The van der Waals surface area contributed by atoms with Crippen molar-refractivity contribution in [1.82, 2.24) is 10.6 Å². The van der Waals surface area contributed by atoms with Crippen molar-refractivity contribution in [3.05, 3.63) is 28.2 Å². The molecular formula is C16H23BrN2O2.